The Balaban J connectivity index is 1.83. The zero-order valence-electron chi connectivity index (χ0n) is 17.8. The zero-order valence-corrected chi connectivity index (χ0v) is 18.6. The standard InChI is InChI=1S/C25H26N2O4S/c1-3-18-26-32(29,30)23-16-12-21(13-17-23)25(28)27-24(19-8-6-5-7-9-19)20-10-14-22(15-11-20)31-4-2/h3,5-17,24,26H,1,4,18H2,2H3,(H,27,28). The Labute approximate surface area is 189 Å². The maximum absolute atomic E-state index is 13.0. The lowest BCUT2D eigenvalue weighted by atomic mass is 9.98. The Kier molecular flexibility index (Phi) is 7.81. The summed E-state index contributed by atoms with van der Waals surface area (Å²) in [6, 6.07) is 22.7. The van der Waals surface area contributed by atoms with E-state index in [1.165, 1.54) is 30.3 Å². The first kappa shape index (κ1) is 23.2. The summed E-state index contributed by atoms with van der Waals surface area (Å²) < 4.78 is 32.4. The quantitative estimate of drug-likeness (QED) is 0.456. The Morgan fingerprint density at radius 3 is 2.19 bits per heavy atom. The van der Waals surface area contributed by atoms with Gasteiger partial charge in [0.2, 0.25) is 10.0 Å². The molecule has 166 valence electrons. The van der Waals surface area contributed by atoms with E-state index in [2.05, 4.69) is 16.6 Å². The van der Waals surface area contributed by atoms with Gasteiger partial charge in [-0.3, -0.25) is 4.79 Å². The number of amides is 1. The molecular formula is C25H26N2O4S. The van der Waals surface area contributed by atoms with Crippen LogP contribution >= 0.6 is 0 Å². The number of nitrogens with one attached hydrogen (secondary N) is 2. The fraction of sp³-hybridized carbons (Fsp3) is 0.160. The van der Waals surface area contributed by atoms with Crippen molar-refractivity contribution in [3.05, 3.63) is 108 Å². The van der Waals surface area contributed by atoms with Crippen LogP contribution in [0.15, 0.2) is 96.4 Å². The molecule has 0 spiro atoms. The van der Waals surface area contributed by atoms with Gasteiger partial charge in [-0.1, -0.05) is 48.5 Å². The highest BCUT2D eigenvalue weighted by Gasteiger charge is 2.19. The molecule has 0 bridgehead atoms. The van der Waals surface area contributed by atoms with E-state index < -0.39 is 10.0 Å². The smallest absolute Gasteiger partial charge is 0.252 e. The molecule has 6 nitrogen and oxygen atoms in total. The van der Waals surface area contributed by atoms with Crippen molar-refractivity contribution in [3.63, 3.8) is 0 Å². The summed E-state index contributed by atoms with van der Waals surface area (Å²) >= 11 is 0. The molecule has 1 atom stereocenters. The Morgan fingerprint density at radius 2 is 1.59 bits per heavy atom. The van der Waals surface area contributed by atoms with Crippen molar-refractivity contribution in [2.75, 3.05) is 13.2 Å². The van der Waals surface area contributed by atoms with Crippen LogP contribution in [-0.4, -0.2) is 27.5 Å². The molecule has 0 aliphatic rings. The van der Waals surface area contributed by atoms with Crippen LogP contribution in [0.2, 0.25) is 0 Å². The van der Waals surface area contributed by atoms with Crippen LogP contribution in [0.1, 0.15) is 34.5 Å². The van der Waals surface area contributed by atoms with Gasteiger partial charge in [0.05, 0.1) is 17.5 Å². The van der Waals surface area contributed by atoms with E-state index >= 15 is 0 Å². The summed E-state index contributed by atoms with van der Waals surface area (Å²) in [6.45, 7) is 6.13. The molecule has 0 heterocycles. The minimum atomic E-state index is -3.65. The van der Waals surface area contributed by atoms with Crippen molar-refractivity contribution in [2.24, 2.45) is 0 Å². The Morgan fingerprint density at radius 1 is 0.969 bits per heavy atom. The van der Waals surface area contributed by atoms with Crippen molar-refractivity contribution >= 4 is 15.9 Å². The first-order valence-corrected chi connectivity index (χ1v) is 11.7. The van der Waals surface area contributed by atoms with Gasteiger partial charge >= 0.3 is 0 Å². The van der Waals surface area contributed by atoms with E-state index in [9.17, 15) is 13.2 Å². The average Bonchev–Trinajstić information content (AvgIpc) is 2.82. The Hall–Kier alpha value is -3.42. The van der Waals surface area contributed by atoms with E-state index in [0.717, 1.165) is 16.9 Å². The molecule has 0 aliphatic carbocycles. The number of hydrogen-bond donors (Lipinski definition) is 2. The van der Waals surface area contributed by atoms with Gasteiger partial charge in [0.15, 0.2) is 0 Å². The summed E-state index contributed by atoms with van der Waals surface area (Å²) in [5, 5.41) is 3.05. The van der Waals surface area contributed by atoms with Gasteiger partial charge in [-0.2, -0.15) is 0 Å². The lowest BCUT2D eigenvalue weighted by Crippen LogP contribution is -2.29. The molecule has 0 saturated carbocycles. The van der Waals surface area contributed by atoms with Gasteiger partial charge in [0.25, 0.3) is 5.91 Å². The number of carbonyl (C=O) groups excluding carboxylic acids is 1. The first-order chi connectivity index (χ1) is 15.4. The molecule has 32 heavy (non-hydrogen) atoms. The molecular weight excluding hydrogens is 424 g/mol. The number of hydrogen-bond acceptors (Lipinski definition) is 4. The molecule has 3 rings (SSSR count). The molecule has 7 heteroatoms. The van der Waals surface area contributed by atoms with Gasteiger partial charge in [0, 0.05) is 12.1 Å². The van der Waals surface area contributed by atoms with Crippen molar-refractivity contribution < 1.29 is 17.9 Å². The van der Waals surface area contributed by atoms with Gasteiger partial charge < -0.3 is 10.1 Å². The molecule has 0 fully saturated rings. The van der Waals surface area contributed by atoms with E-state index in [1.54, 1.807) is 0 Å². The SMILES string of the molecule is C=CCNS(=O)(=O)c1ccc(C(=O)NC(c2ccccc2)c2ccc(OCC)cc2)cc1. The average molecular weight is 451 g/mol. The normalized spacial score (nSPS) is 12.0. The lowest BCUT2D eigenvalue weighted by Gasteiger charge is -2.20. The second-order valence-electron chi connectivity index (χ2n) is 6.98. The third-order valence-electron chi connectivity index (χ3n) is 4.78. The molecule has 1 amide bonds. The predicted octanol–water partition coefficient (Wildman–Crippen LogP) is 4.07. The summed E-state index contributed by atoms with van der Waals surface area (Å²) in [6.07, 6.45) is 1.46. The maximum atomic E-state index is 13.0. The van der Waals surface area contributed by atoms with Gasteiger partial charge in [-0.25, -0.2) is 13.1 Å². The number of carbonyl (C=O) groups is 1. The monoisotopic (exact) mass is 450 g/mol. The van der Waals surface area contributed by atoms with Crippen molar-refractivity contribution in [2.45, 2.75) is 17.9 Å². The van der Waals surface area contributed by atoms with E-state index in [-0.39, 0.29) is 23.4 Å². The number of rotatable bonds is 10. The van der Waals surface area contributed by atoms with Crippen LogP contribution < -0.4 is 14.8 Å². The summed E-state index contributed by atoms with van der Waals surface area (Å²) in [7, 11) is -3.65. The van der Waals surface area contributed by atoms with E-state index in [1.807, 2.05) is 61.5 Å². The fourth-order valence-electron chi connectivity index (χ4n) is 3.18. The van der Waals surface area contributed by atoms with Crippen LogP contribution in [0.25, 0.3) is 0 Å². The van der Waals surface area contributed by atoms with Gasteiger partial charge in [-0.15, -0.1) is 6.58 Å². The number of benzene rings is 3. The summed E-state index contributed by atoms with van der Waals surface area (Å²) in [5.41, 5.74) is 2.19. The van der Waals surface area contributed by atoms with Crippen molar-refractivity contribution in [3.8, 4) is 5.75 Å². The Bertz CT molecular complexity index is 1140. The summed E-state index contributed by atoms with van der Waals surface area (Å²) in [5.74, 6) is 0.451. The third-order valence-corrected chi connectivity index (χ3v) is 6.22. The predicted molar refractivity (Wildman–Crippen MR) is 125 cm³/mol. The summed E-state index contributed by atoms with van der Waals surface area (Å²) in [4.78, 5) is 13.1. The number of ether oxygens (including phenoxy) is 1. The minimum absolute atomic E-state index is 0.0852. The highest BCUT2D eigenvalue weighted by molar-refractivity contribution is 7.89. The third kappa shape index (κ3) is 5.84. The molecule has 3 aromatic carbocycles. The highest BCUT2D eigenvalue weighted by Crippen LogP contribution is 2.25. The van der Waals surface area contributed by atoms with Crippen molar-refractivity contribution in [1.82, 2.24) is 10.0 Å². The van der Waals surface area contributed by atoms with Crippen LogP contribution in [0.5, 0.6) is 5.75 Å². The van der Waals surface area contributed by atoms with Crippen LogP contribution in [-0.2, 0) is 10.0 Å². The molecule has 2 N–H and O–H groups in total. The second kappa shape index (κ2) is 10.7. The van der Waals surface area contributed by atoms with E-state index in [4.69, 9.17) is 4.74 Å². The molecule has 3 aromatic rings. The molecule has 1 unspecified atom stereocenters. The molecule has 0 aromatic heterocycles. The van der Waals surface area contributed by atoms with Crippen LogP contribution in [0, 0.1) is 0 Å². The number of sulfonamides is 1. The minimum Gasteiger partial charge on any atom is -0.494 e. The molecule has 0 radical (unpaired) electrons. The highest BCUT2D eigenvalue weighted by atomic mass is 32.2. The van der Waals surface area contributed by atoms with Gasteiger partial charge in [0.1, 0.15) is 5.75 Å². The fourth-order valence-corrected chi connectivity index (χ4v) is 4.18. The molecule has 0 saturated heterocycles. The largest absolute Gasteiger partial charge is 0.494 e. The van der Waals surface area contributed by atoms with Crippen molar-refractivity contribution in [1.29, 1.82) is 0 Å². The zero-order chi connectivity index (χ0) is 23.0. The maximum Gasteiger partial charge on any atom is 0.252 e. The van der Waals surface area contributed by atoms with Gasteiger partial charge in [-0.05, 0) is 54.4 Å². The van der Waals surface area contributed by atoms with Crippen LogP contribution in [0.3, 0.4) is 0 Å². The first-order valence-electron chi connectivity index (χ1n) is 10.2. The second-order valence-corrected chi connectivity index (χ2v) is 8.75. The van der Waals surface area contributed by atoms with Crippen LogP contribution in [0.4, 0.5) is 0 Å². The van der Waals surface area contributed by atoms with E-state index in [0.29, 0.717) is 12.2 Å². The topological polar surface area (TPSA) is 84.5 Å². The lowest BCUT2D eigenvalue weighted by molar-refractivity contribution is 0.0943. The molecule has 0 aliphatic heterocycles.